The van der Waals surface area contributed by atoms with Crippen molar-refractivity contribution in [2.24, 2.45) is 10.9 Å². The molecule has 0 saturated carbocycles. The number of nitrogens with two attached hydrogens (primary N) is 1. The molecular weight excluding hydrogens is 148 g/mol. The van der Waals surface area contributed by atoms with Crippen LogP contribution >= 0.6 is 0 Å². The van der Waals surface area contributed by atoms with Gasteiger partial charge >= 0.3 is 5.97 Å². The Kier molecular flexibility index (Phi) is 2.43. The summed E-state index contributed by atoms with van der Waals surface area (Å²) in [6.45, 7) is 0.365. The zero-order valence-electron chi connectivity index (χ0n) is 6.24. The fraction of sp³-hybridized carbons (Fsp3) is 0.667. The lowest BCUT2D eigenvalue weighted by atomic mass is 10.2. The molecule has 1 atom stereocenters. The second-order valence-electron chi connectivity index (χ2n) is 2.20. The van der Waals surface area contributed by atoms with Crippen LogP contribution in [0.15, 0.2) is 5.16 Å². The maximum Gasteiger partial charge on any atom is 0.355 e. The molecule has 1 rings (SSSR count). The first-order valence-corrected chi connectivity index (χ1v) is 3.29. The van der Waals surface area contributed by atoms with Gasteiger partial charge in [-0.25, -0.2) is 4.79 Å². The average molecular weight is 158 g/mol. The summed E-state index contributed by atoms with van der Waals surface area (Å²) in [7, 11) is 1.31. The van der Waals surface area contributed by atoms with Gasteiger partial charge in [-0.3, -0.25) is 0 Å². The molecule has 0 aromatic heterocycles. The van der Waals surface area contributed by atoms with Crippen LogP contribution < -0.4 is 5.73 Å². The van der Waals surface area contributed by atoms with Crippen molar-refractivity contribution >= 4 is 11.7 Å². The minimum absolute atomic E-state index is 0.163. The van der Waals surface area contributed by atoms with Gasteiger partial charge in [0, 0.05) is 13.0 Å². The zero-order valence-corrected chi connectivity index (χ0v) is 6.24. The molecule has 1 unspecified atom stereocenters. The van der Waals surface area contributed by atoms with E-state index in [0.717, 1.165) is 0 Å². The smallest absolute Gasteiger partial charge is 0.355 e. The Morgan fingerprint density at radius 1 is 2.00 bits per heavy atom. The fourth-order valence-electron chi connectivity index (χ4n) is 0.793. The first-order chi connectivity index (χ1) is 5.27. The number of methoxy groups -OCH3 is 1. The molecule has 0 saturated heterocycles. The van der Waals surface area contributed by atoms with Gasteiger partial charge in [-0.05, 0) is 0 Å². The molecule has 1 heterocycles. The van der Waals surface area contributed by atoms with E-state index in [9.17, 15) is 4.79 Å². The highest BCUT2D eigenvalue weighted by molar-refractivity contribution is 6.36. The van der Waals surface area contributed by atoms with E-state index in [2.05, 4.69) is 9.89 Å². The van der Waals surface area contributed by atoms with Crippen LogP contribution in [0.3, 0.4) is 0 Å². The highest BCUT2D eigenvalue weighted by Crippen LogP contribution is 2.09. The van der Waals surface area contributed by atoms with Gasteiger partial charge in [-0.1, -0.05) is 5.16 Å². The lowest BCUT2D eigenvalue weighted by molar-refractivity contribution is -0.132. The highest BCUT2D eigenvalue weighted by atomic mass is 16.6. The number of hydrogen-bond acceptors (Lipinski definition) is 5. The predicted molar refractivity (Wildman–Crippen MR) is 38.0 cm³/mol. The van der Waals surface area contributed by atoms with Crippen molar-refractivity contribution in [3.05, 3.63) is 0 Å². The molecule has 62 valence electrons. The average Bonchev–Trinajstić information content (AvgIpc) is 2.50. The Labute approximate surface area is 64.1 Å². The van der Waals surface area contributed by atoms with Crippen molar-refractivity contribution in [2.45, 2.75) is 12.5 Å². The van der Waals surface area contributed by atoms with E-state index in [1.165, 1.54) is 7.11 Å². The van der Waals surface area contributed by atoms with Gasteiger partial charge < -0.3 is 15.3 Å². The SMILES string of the molecule is COC(=O)C1=NOC(CN)C1. The summed E-state index contributed by atoms with van der Waals surface area (Å²) in [5, 5.41) is 3.52. The summed E-state index contributed by atoms with van der Waals surface area (Å²) < 4.78 is 4.44. The summed E-state index contributed by atoms with van der Waals surface area (Å²) in [6, 6.07) is 0. The molecule has 0 spiro atoms. The number of oxime groups is 1. The normalized spacial score (nSPS) is 22.4. The van der Waals surface area contributed by atoms with Crippen LogP contribution in [0.4, 0.5) is 0 Å². The number of nitrogens with zero attached hydrogens (tertiary/aromatic N) is 1. The number of hydrogen-bond donors (Lipinski definition) is 1. The molecule has 2 N–H and O–H groups in total. The Balaban J connectivity index is 2.45. The van der Waals surface area contributed by atoms with E-state index in [1.807, 2.05) is 0 Å². The van der Waals surface area contributed by atoms with Gasteiger partial charge in [0.1, 0.15) is 6.10 Å². The van der Waals surface area contributed by atoms with E-state index >= 15 is 0 Å². The van der Waals surface area contributed by atoms with Gasteiger partial charge in [0.25, 0.3) is 0 Å². The third-order valence-electron chi connectivity index (χ3n) is 1.42. The Morgan fingerprint density at radius 2 is 2.73 bits per heavy atom. The summed E-state index contributed by atoms with van der Waals surface area (Å²) in [5.74, 6) is -0.444. The predicted octanol–water partition coefficient (Wildman–Crippen LogP) is -0.737. The molecule has 0 aromatic rings. The second-order valence-corrected chi connectivity index (χ2v) is 2.20. The Morgan fingerprint density at radius 3 is 3.18 bits per heavy atom. The standard InChI is InChI=1S/C6H10N2O3/c1-10-6(9)5-2-4(3-7)11-8-5/h4H,2-3,7H2,1H3. The van der Waals surface area contributed by atoms with Crippen LogP contribution in [0.5, 0.6) is 0 Å². The van der Waals surface area contributed by atoms with Gasteiger partial charge in [0.2, 0.25) is 0 Å². The first kappa shape index (κ1) is 8.00. The summed E-state index contributed by atoms with van der Waals surface area (Å²) in [4.78, 5) is 15.6. The van der Waals surface area contributed by atoms with Crippen LogP contribution in [0.2, 0.25) is 0 Å². The number of rotatable bonds is 2. The number of ether oxygens (including phenoxy) is 1. The third-order valence-corrected chi connectivity index (χ3v) is 1.42. The quantitative estimate of drug-likeness (QED) is 0.537. The monoisotopic (exact) mass is 158 g/mol. The number of carbonyl (C=O) groups excluding carboxylic acids is 1. The largest absolute Gasteiger partial charge is 0.464 e. The van der Waals surface area contributed by atoms with Crippen molar-refractivity contribution in [1.82, 2.24) is 0 Å². The lowest BCUT2D eigenvalue weighted by Crippen LogP contribution is -2.22. The van der Waals surface area contributed by atoms with Crippen molar-refractivity contribution in [2.75, 3.05) is 13.7 Å². The van der Waals surface area contributed by atoms with Crippen molar-refractivity contribution < 1.29 is 14.4 Å². The molecule has 5 heteroatoms. The molecule has 1 aliphatic heterocycles. The molecular formula is C6H10N2O3. The summed E-state index contributed by atoms with van der Waals surface area (Å²) in [5.41, 5.74) is 5.60. The minimum atomic E-state index is -0.444. The Bertz CT molecular complexity index is 190. The summed E-state index contributed by atoms with van der Waals surface area (Å²) >= 11 is 0. The molecule has 11 heavy (non-hydrogen) atoms. The van der Waals surface area contributed by atoms with E-state index in [1.54, 1.807) is 0 Å². The van der Waals surface area contributed by atoms with Crippen LogP contribution in [0, 0.1) is 0 Å². The fourth-order valence-corrected chi connectivity index (χ4v) is 0.793. The van der Waals surface area contributed by atoms with Crippen molar-refractivity contribution in [3.8, 4) is 0 Å². The minimum Gasteiger partial charge on any atom is -0.464 e. The topological polar surface area (TPSA) is 73.9 Å². The van der Waals surface area contributed by atoms with Crippen molar-refractivity contribution in [3.63, 3.8) is 0 Å². The van der Waals surface area contributed by atoms with Crippen LogP contribution in [-0.2, 0) is 14.4 Å². The van der Waals surface area contributed by atoms with Crippen molar-refractivity contribution in [1.29, 1.82) is 0 Å². The maximum atomic E-state index is 10.8. The maximum absolute atomic E-state index is 10.8. The van der Waals surface area contributed by atoms with Crippen LogP contribution in [0.25, 0.3) is 0 Å². The zero-order chi connectivity index (χ0) is 8.27. The van der Waals surface area contributed by atoms with Gasteiger partial charge in [-0.2, -0.15) is 0 Å². The third kappa shape index (κ3) is 1.68. The van der Waals surface area contributed by atoms with Gasteiger partial charge in [-0.15, -0.1) is 0 Å². The van der Waals surface area contributed by atoms with Gasteiger partial charge in [0.05, 0.1) is 7.11 Å². The molecule has 1 aliphatic rings. The van der Waals surface area contributed by atoms with Gasteiger partial charge in [0.15, 0.2) is 5.71 Å². The van der Waals surface area contributed by atoms with E-state index in [0.29, 0.717) is 18.7 Å². The number of esters is 1. The molecule has 0 radical (unpaired) electrons. The molecule has 0 fully saturated rings. The Hall–Kier alpha value is -1.10. The van der Waals surface area contributed by atoms with E-state index in [4.69, 9.17) is 10.6 Å². The molecule has 5 nitrogen and oxygen atoms in total. The molecule has 0 amide bonds. The number of carbonyl (C=O) groups is 1. The molecule has 0 aromatic carbocycles. The summed E-state index contributed by atoms with van der Waals surface area (Å²) in [6.07, 6.45) is 0.285. The van der Waals surface area contributed by atoms with Crippen LogP contribution in [0.1, 0.15) is 6.42 Å². The van der Waals surface area contributed by atoms with E-state index < -0.39 is 5.97 Å². The second kappa shape index (κ2) is 3.34. The lowest BCUT2D eigenvalue weighted by Gasteiger charge is -2.00. The van der Waals surface area contributed by atoms with Crippen LogP contribution in [-0.4, -0.2) is 31.4 Å². The molecule has 0 aliphatic carbocycles. The first-order valence-electron chi connectivity index (χ1n) is 3.29. The van der Waals surface area contributed by atoms with E-state index in [-0.39, 0.29) is 6.10 Å². The molecule has 0 bridgehead atoms. The highest BCUT2D eigenvalue weighted by Gasteiger charge is 2.25.